The maximum absolute atomic E-state index is 12.7. The minimum Gasteiger partial charge on any atom is -0.465 e. The van der Waals surface area contributed by atoms with Crippen LogP contribution in [-0.2, 0) is 29.4 Å². The molecule has 0 bridgehead atoms. The van der Waals surface area contributed by atoms with Gasteiger partial charge in [0.05, 0.1) is 16.4 Å². The van der Waals surface area contributed by atoms with Crippen molar-refractivity contribution in [1.29, 1.82) is 0 Å². The highest BCUT2D eigenvalue weighted by Gasteiger charge is 2.45. The molecule has 1 aliphatic carbocycles. The lowest BCUT2D eigenvalue weighted by Gasteiger charge is -2.27. The molecule has 1 aromatic rings. The molecule has 1 fully saturated rings. The predicted molar refractivity (Wildman–Crippen MR) is 87.7 cm³/mol. The Morgan fingerprint density at radius 2 is 1.75 bits per heavy atom. The van der Waals surface area contributed by atoms with Crippen LogP contribution >= 0.6 is 0 Å². The standard InChI is InChI=1S/C15H21NO6S2/c1-3-22-14(17)15(9-4-5-10-15)16-24(20,21)13-8-6-7-12(11-13)23(2,18)19/h6-8,11,16H,3-5,9-10H2,1-2H3. The molecule has 24 heavy (non-hydrogen) atoms. The molecule has 134 valence electrons. The van der Waals surface area contributed by atoms with Gasteiger partial charge >= 0.3 is 5.97 Å². The average molecular weight is 375 g/mol. The molecular weight excluding hydrogens is 354 g/mol. The molecule has 9 heteroatoms. The zero-order valence-corrected chi connectivity index (χ0v) is 15.2. The van der Waals surface area contributed by atoms with Crippen molar-refractivity contribution < 1.29 is 26.4 Å². The van der Waals surface area contributed by atoms with Crippen LogP contribution in [0.3, 0.4) is 0 Å². The van der Waals surface area contributed by atoms with Crippen LogP contribution in [-0.4, -0.2) is 41.2 Å². The number of carbonyl (C=O) groups excluding carboxylic acids is 1. The van der Waals surface area contributed by atoms with Crippen LogP contribution in [0.4, 0.5) is 0 Å². The Bertz CT molecular complexity index is 823. The number of sulfonamides is 1. The van der Waals surface area contributed by atoms with Crippen molar-refractivity contribution in [2.45, 2.75) is 47.9 Å². The summed E-state index contributed by atoms with van der Waals surface area (Å²) in [4.78, 5) is 12.0. The van der Waals surface area contributed by atoms with Crippen molar-refractivity contribution in [2.75, 3.05) is 12.9 Å². The Kier molecular flexibility index (Phi) is 5.36. The summed E-state index contributed by atoms with van der Waals surface area (Å²) in [6.07, 6.45) is 3.15. The predicted octanol–water partition coefficient (Wildman–Crippen LogP) is 1.24. The fraction of sp³-hybridized carbons (Fsp3) is 0.533. The number of hydrogen-bond acceptors (Lipinski definition) is 6. The summed E-state index contributed by atoms with van der Waals surface area (Å²) in [5, 5.41) is 0. The van der Waals surface area contributed by atoms with Gasteiger partial charge in [0.25, 0.3) is 0 Å². The number of hydrogen-bond donors (Lipinski definition) is 1. The third-order valence-corrected chi connectivity index (χ3v) is 6.64. The highest BCUT2D eigenvalue weighted by atomic mass is 32.2. The van der Waals surface area contributed by atoms with Gasteiger partial charge in [-0.1, -0.05) is 18.9 Å². The molecule has 1 saturated carbocycles. The number of carbonyl (C=O) groups is 1. The lowest BCUT2D eigenvalue weighted by Crippen LogP contribution is -2.53. The first kappa shape index (κ1) is 18.9. The van der Waals surface area contributed by atoms with E-state index in [1.165, 1.54) is 18.2 Å². The second-order valence-electron chi connectivity index (χ2n) is 5.86. The van der Waals surface area contributed by atoms with Crippen molar-refractivity contribution in [3.05, 3.63) is 24.3 Å². The van der Waals surface area contributed by atoms with Gasteiger partial charge in [0.15, 0.2) is 9.84 Å². The molecule has 0 atom stereocenters. The quantitative estimate of drug-likeness (QED) is 0.750. The number of benzene rings is 1. The number of nitrogens with one attached hydrogen (secondary N) is 1. The summed E-state index contributed by atoms with van der Waals surface area (Å²) in [6, 6.07) is 5.07. The summed E-state index contributed by atoms with van der Waals surface area (Å²) in [5.41, 5.74) is -1.28. The Morgan fingerprint density at radius 3 is 2.29 bits per heavy atom. The molecule has 0 aromatic heterocycles. The molecule has 7 nitrogen and oxygen atoms in total. The normalized spacial score (nSPS) is 17.6. The maximum atomic E-state index is 12.7. The third kappa shape index (κ3) is 3.96. The van der Waals surface area contributed by atoms with Crippen LogP contribution in [0, 0.1) is 0 Å². The van der Waals surface area contributed by atoms with Gasteiger partial charge in [-0.3, -0.25) is 4.79 Å². The number of ether oxygens (including phenoxy) is 1. The van der Waals surface area contributed by atoms with E-state index in [0.29, 0.717) is 25.7 Å². The van der Waals surface area contributed by atoms with Gasteiger partial charge in [0.2, 0.25) is 10.0 Å². The van der Waals surface area contributed by atoms with E-state index < -0.39 is 31.4 Å². The Morgan fingerprint density at radius 1 is 1.17 bits per heavy atom. The fourth-order valence-corrected chi connectivity index (χ4v) is 4.98. The first-order valence-corrected chi connectivity index (χ1v) is 11.0. The van der Waals surface area contributed by atoms with E-state index in [1.54, 1.807) is 6.92 Å². The van der Waals surface area contributed by atoms with E-state index >= 15 is 0 Å². The Labute approximate surface area is 142 Å². The van der Waals surface area contributed by atoms with Crippen molar-refractivity contribution in [2.24, 2.45) is 0 Å². The fourth-order valence-electron chi connectivity index (χ4n) is 2.78. The van der Waals surface area contributed by atoms with E-state index in [0.717, 1.165) is 12.3 Å². The average Bonchev–Trinajstić information content (AvgIpc) is 2.96. The zero-order valence-electron chi connectivity index (χ0n) is 13.6. The van der Waals surface area contributed by atoms with Crippen LogP contribution in [0.25, 0.3) is 0 Å². The summed E-state index contributed by atoms with van der Waals surface area (Å²) in [7, 11) is -7.60. The Balaban J connectivity index is 2.38. The summed E-state index contributed by atoms with van der Waals surface area (Å²) >= 11 is 0. The van der Waals surface area contributed by atoms with Gasteiger partial charge in [0, 0.05) is 6.26 Å². The van der Waals surface area contributed by atoms with Gasteiger partial charge in [-0.15, -0.1) is 0 Å². The third-order valence-electron chi connectivity index (χ3n) is 4.00. The molecule has 0 radical (unpaired) electrons. The monoisotopic (exact) mass is 375 g/mol. The molecular formula is C15H21NO6S2. The Hall–Kier alpha value is -1.45. The lowest BCUT2D eigenvalue weighted by atomic mass is 10.00. The SMILES string of the molecule is CCOC(=O)C1(NS(=O)(=O)c2cccc(S(C)(=O)=O)c2)CCCC1. The molecule has 0 unspecified atom stereocenters. The summed E-state index contributed by atoms with van der Waals surface area (Å²) < 4.78 is 56.1. The lowest BCUT2D eigenvalue weighted by molar-refractivity contribution is -0.150. The second-order valence-corrected chi connectivity index (χ2v) is 9.56. The number of rotatable bonds is 6. The first-order chi connectivity index (χ1) is 11.1. The van der Waals surface area contributed by atoms with Crippen molar-refractivity contribution in [1.82, 2.24) is 4.72 Å². The molecule has 0 aliphatic heterocycles. The van der Waals surface area contributed by atoms with E-state index in [4.69, 9.17) is 4.74 Å². The smallest absolute Gasteiger partial charge is 0.327 e. The van der Waals surface area contributed by atoms with E-state index in [-0.39, 0.29) is 16.4 Å². The summed E-state index contributed by atoms with van der Waals surface area (Å²) in [5.74, 6) is -0.592. The largest absolute Gasteiger partial charge is 0.465 e. The van der Waals surface area contributed by atoms with E-state index in [1.807, 2.05) is 0 Å². The molecule has 1 N–H and O–H groups in total. The van der Waals surface area contributed by atoms with Gasteiger partial charge < -0.3 is 4.74 Å². The molecule has 1 aromatic carbocycles. The van der Waals surface area contributed by atoms with E-state index in [9.17, 15) is 21.6 Å². The minimum atomic E-state index is -4.06. The van der Waals surface area contributed by atoms with Gasteiger partial charge in [-0.2, -0.15) is 4.72 Å². The first-order valence-electron chi connectivity index (χ1n) is 7.62. The molecule has 1 aliphatic rings. The second kappa shape index (κ2) is 6.81. The van der Waals surface area contributed by atoms with Crippen LogP contribution in [0.1, 0.15) is 32.6 Å². The molecule has 0 saturated heterocycles. The topological polar surface area (TPSA) is 107 Å². The summed E-state index contributed by atoms with van der Waals surface area (Å²) in [6.45, 7) is 1.82. The van der Waals surface area contributed by atoms with Crippen LogP contribution in [0.2, 0.25) is 0 Å². The van der Waals surface area contributed by atoms with Crippen molar-refractivity contribution in [3.8, 4) is 0 Å². The van der Waals surface area contributed by atoms with Crippen LogP contribution in [0.15, 0.2) is 34.1 Å². The van der Waals surface area contributed by atoms with Crippen LogP contribution in [0.5, 0.6) is 0 Å². The molecule has 0 heterocycles. The van der Waals surface area contributed by atoms with Crippen molar-refractivity contribution in [3.63, 3.8) is 0 Å². The highest BCUT2D eigenvalue weighted by Crippen LogP contribution is 2.32. The highest BCUT2D eigenvalue weighted by molar-refractivity contribution is 7.91. The minimum absolute atomic E-state index is 0.0954. The van der Waals surface area contributed by atoms with Crippen molar-refractivity contribution >= 4 is 25.8 Å². The molecule has 2 rings (SSSR count). The maximum Gasteiger partial charge on any atom is 0.327 e. The number of sulfone groups is 1. The zero-order chi connectivity index (χ0) is 18.0. The van der Waals surface area contributed by atoms with Gasteiger partial charge in [-0.05, 0) is 38.0 Å². The van der Waals surface area contributed by atoms with E-state index in [2.05, 4.69) is 4.72 Å². The molecule has 0 spiro atoms. The van der Waals surface area contributed by atoms with Gasteiger partial charge in [0.1, 0.15) is 5.54 Å². The number of esters is 1. The van der Waals surface area contributed by atoms with Crippen LogP contribution < -0.4 is 4.72 Å². The van der Waals surface area contributed by atoms with Gasteiger partial charge in [-0.25, -0.2) is 16.8 Å². The molecule has 0 amide bonds.